The molecule has 6 heteroatoms. The summed E-state index contributed by atoms with van der Waals surface area (Å²) in [7, 11) is -3.18. The number of nitrogens with one attached hydrogen (secondary N) is 1. The smallest absolute Gasteiger partial charge is 0.216 e. The molecule has 0 aromatic rings. The topological polar surface area (TPSA) is 58.6 Å². The fourth-order valence-electron chi connectivity index (χ4n) is 3.16. The molecule has 3 fully saturated rings. The van der Waals surface area contributed by atoms with E-state index in [4.69, 9.17) is 4.74 Å². The van der Waals surface area contributed by atoms with Gasteiger partial charge in [-0.1, -0.05) is 0 Å². The summed E-state index contributed by atoms with van der Waals surface area (Å²) in [6, 6.07) is 0.341. The molecule has 1 aliphatic carbocycles. The molecule has 0 spiro atoms. The number of hydrogen-bond acceptors (Lipinski definition) is 4. The molecule has 0 bridgehead atoms. The lowest BCUT2D eigenvalue weighted by molar-refractivity contribution is 0.126. The van der Waals surface area contributed by atoms with Crippen LogP contribution in [0.2, 0.25) is 0 Å². The Balaban J connectivity index is 1.62. The summed E-state index contributed by atoms with van der Waals surface area (Å²) in [6.45, 7) is 3.10. The highest BCUT2D eigenvalue weighted by Crippen LogP contribution is 2.31. The molecule has 2 atom stereocenters. The Hall–Kier alpha value is -0.170. The van der Waals surface area contributed by atoms with E-state index in [0.29, 0.717) is 31.7 Å². The summed E-state index contributed by atoms with van der Waals surface area (Å²) >= 11 is 0. The van der Waals surface area contributed by atoms with Gasteiger partial charge >= 0.3 is 0 Å². The Morgan fingerprint density at radius 1 is 1.10 bits per heavy atom. The van der Waals surface area contributed by atoms with Crippen molar-refractivity contribution in [2.24, 2.45) is 5.92 Å². The molecule has 2 aliphatic heterocycles. The van der Waals surface area contributed by atoms with E-state index in [1.54, 1.807) is 4.31 Å². The Bertz CT molecular complexity index is 410. The summed E-state index contributed by atoms with van der Waals surface area (Å²) < 4.78 is 32.6. The maximum absolute atomic E-state index is 12.7. The maximum atomic E-state index is 12.7. The fourth-order valence-corrected chi connectivity index (χ4v) is 4.95. The van der Waals surface area contributed by atoms with Crippen LogP contribution in [0.1, 0.15) is 38.5 Å². The minimum atomic E-state index is -3.18. The Kier molecular flexibility index (Phi) is 4.65. The highest BCUT2D eigenvalue weighted by molar-refractivity contribution is 7.89. The first-order chi connectivity index (χ1) is 9.63. The normalized spacial score (nSPS) is 31.2. The van der Waals surface area contributed by atoms with Gasteiger partial charge in [0.2, 0.25) is 10.0 Å². The molecule has 20 heavy (non-hydrogen) atoms. The van der Waals surface area contributed by atoms with Crippen molar-refractivity contribution in [1.29, 1.82) is 0 Å². The van der Waals surface area contributed by atoms with E-state index in [-0.39, 0.29) is 11.9 Å². The van der Waals surface area contributed by atoms with Gasteiger partial charge in [0.1, 0.15) is 0 Å². The first-order valence-corrected chi connectivity index (χ1v) is 9.57. The monoisotopic (exact) mass is 302 g/mol. The van der Waals surface area contributed by atoms with Gasteiger partial charge in [-0.05, 0) is 51.0 Å². The van der Waals surface area contributed by atoms with Gasteiger partial charge in [0.15, 0.2) is 0 Å². The Labute approximate surface area is 122 Å². The second-order valence-electron chi connectivity index (χ2n) is 6.47. The first kappa shape index (κ1) is 14.8. The van der Waals surface area contributed by atoms with Crippen molar-refractivity contribution in [2.45, 2.75) is 50.7 Å². The van der Waals surface area contributed by atoms with Gasteiger partial charge < -0.3 is 10.1 Å². The van der Waals surface area contributed by atoms with E-state index >= 15 is 0 Å². The standard InChI is InChI=1S/C14H26N2O3S/c17-20(18,11-14-4-2-8-19-14)16(9-12-5-6-12)10-13-3-1-7-15-13/h12-15H,1-11H2. The highest BCUT2D eigenvalue weighted by Gasteiger charge is 2.34. The van der Waals surface area contributed by atoms with Crippen LogP contribution in [0.15, 0.2) is 0 Å². The zero-order valence-corrected chi connectivity index (χ0v) is 12.9. The van der Waals surface area contributed by atoms with E-state index in [1.165, 1.54) is 12.8 Å². The van der Waals surface area contributed by atoms with Crippen molar-refractivity contribution in [1.82, 2.24) is 9.62 Å². The highest BCUT2D eigenvalue weighted by atomic mass is 32.2. The SMILES string of the molecule is O=S(=O)(CC1CCCO1)N(CC1CC1)CC1CCCN1. The van der Waals surface area contributed by atoms with Crippen LogP contribution in [0.5, 0.6) is 0 Å². The maximum Gasteiger partial charge on any atom is 0.216 e. The quantitative estimate of drug-likeness (QED) is 0.761. The van der Waals surface area contributed by atoms with Crippen molar-refractivity contribution < 1.29 is 13.2 Å². The summed E-state index contributed by atoms with van der Waals surface area (Å²) in [6.07, 6.45) is 6.42. The van der Waals surface area contributed by atoms with E-state index < -0.39 is 10.0 Å². The van der Waals surface area contributed by atoms with Gasteiger partial charge in [-0.2, -0.15) is 0 Å². The average molecular weight is 302 g/mol. The Morgan fingerprint density at radius 2 is 1.95 bits per heavy atom. The molecule has 3 aliphatic rings. The first-order valence-electron chi connectivity index (χ1n) is 7.96. The number of nitrogens with zero attached hydrogens (tertiary/aromatic N) is 1. The largest absolute Gasteiger partial charge is 0.377 e. The number of ether oxygens (including phenoxy) is 1. The van der Waals surface area contributed by atoms with E-state index in [2.05, 4.69) is 5.32 Å². The third-order valence-corrected chi connectivity index (χ3v) is 6.44. The average Bonchev–Trinajstić information content (AvgIpc) is 2.88. The molecule has 3 rings (SSSR count). The van der Waals surface area contributed by atoms with Gasteiger partial charge in [-0.25, -0.2) is 12.7 Å². The van der Waals surface area contributed by atoms with E-state index in [1.807, 2.05) is 0 Å². The molecule has 0 radical (unpaired) electrons. The predicted octanol–water partition coefficient (Wildman–Crippen LogP) is 0.959. The van der Waals surface area contributed by atoms with Crippen molar-refractivity contribution in [3.63, 3.8) is 0 Å². The number of hydrogen-bond donors (Lipinski definition) is 1. The zero-order valence-electron chi connectivity index (χ0n) is 12.1. The summed E-state index contributed by atoms with van der Waals surface area (Å²) in [4.78, 5) is 0. The molecule has 116 valence electrons. The second-order valence-corrected chi connectivity index (χ2v) is 8.48. The third kappa shape index (κ3) is 3.93. The molecule has 0 aromatic heterocycles. The molecule has 2 saturated heterocycles. The molecule has 2 unspecified atom stereocenters. The zero-order chi connectivity index (χ0) is 14.0. The molecule has 5 nitrogen and oxygen atoms in total. The predicted molar refractivity (Wildman–Crippen MR) is 78.1 cm³/mol. The van der Waals surface area contributed by atoms with Crippen LogP contribution in [0.25, 0.3) is 0 Å². The molecule has 0 amide bonds. The van der Waals surface area contributed by atoms with Crippen LogP contribution in [0, 0.1) is 5.92 Å². The molecule has 2 heterocycles. The van der Waals surface area contributed by atoms with E-state index in [0.717, 1.165) is 32.2 Å². The van der Waals surface area contributed by atoms with Crippen molar-refractivity contribution >= 4 is 10.0 Å². The third-order valence-electron chi connectivity index (χ3n) is 4.56. The van der Waals surface area contributed by atoms with Gasteiger partial charge in [0.25, 0.3) is 0 Å². The van der Waals surface area contributed by atoms with Crippen molar-refractivity contribution in [2.75, 3.05) is 32.0 Å². The van der Waals surface area contributed by atoms with Crippen LogP contribution < -0.4 is 5.32 Å². The Morgan fingerprint density at radius 3 is 2.55 bits per heavy atom. The summed E-state index contributed by atoms with van der Waals surface area (Å²) in [5, 5.41) is 3.41. The minimum Gasteiger partial charge on any atom is -0.377 e. The lowest BCUT2D eigenvalue weighted by Gasteiger charge is -2.26. The summed E-state index contributed by atoms with van der Waals surface area (Å²) in [5.74, 6) is 0.766. The molecule has 1 saturated carbocycles. The second kappa shape index (κ2) is 6.30. The molecular weight excluding hydrogens is 276 g/mol. The van der Waals surface area contributed by atoms with Crippen LogP contribution >= 0.6 is 0 Å². The minimum absolute atomic E-state index is 0.0850. The van der Waals surface area contributed by atoms with Gasteiger partial charge in [-0.3, -0.25) is 0 Å². The lowest BCUT2D eigenvalue weighted by atomic mass is 10.2. The van der Waals surface area contributed by atoms with Crippen LogP contribution in [0.4, 0.5) is 0 Å². The van der Waals surface area contributed by atoms with Gasteiger partial charge in [0, 0.05) is 25.7 Å². The molecular formula is C14H26N2O3S. The van der Waals surface area contributed by atoms with Crippen LogP contribution in [-0.4, -0.2) is 56.9 Å². The van der Waals surface area contributed by atoms with Gasteiger partial charge in [0.05, 0.1) is 11.9 Å². The fraction of sp³-hybridized carbons (Fsp3) is 1.00. The van der Waals surface area contributed by atoms with Crippen molar-refractivity contribution in [3.05, 3.63) is 0 Å². The lowest BCUT2D eigenvalue weighted by Crippen LogP contribution is -2.44. The van der Waals surface area contributed by atoms with Crippen molar-refractivity contribution in [3.8, 4) is 0 Å². The number of sulfonamides is 1. The van der Waals surface area contributed by atoms with Gasteiger partial charge in [-0.15, -0.1) is 0 Å². The molecule has 0 aromatic carbocycles. The van der Waals surface area contributed by atoms with E-state index in [9.17, 15) is 8.42 Å². The van der Waals surface area contributed by atoms with Crippen LogP contribution in [-0.2, 0) is 14.8 Å². The summed E-state index contributed by atoms with van der Waals surface area (Å²) in [5.41, 5.74) is 0. The number of rotatable bonds is 7. The molecule has 1 N–H and O–H groups in total. The van der Waals surface area contributed by atoms with Crippen LogP contribution in [0.3, 0.4) is 0 Å².